The van der Waals surface area contributed by atoms with Gasteiger partial charge in [0.05, 0.1) is 13.4 Å². The lowest BCUT2D eigenvalue weighted by molar-refractivity contribution is 0.406. The number of methoxy groups -OCH3 is 1. The molecule has 0 aliphatic rings. The van der Waals surface area contributed by atoms with Crippen LogP contribution in [0.5, 0.6) is 5.75 Å². The Kier molecular flexibility index (Phi) is 4.37. The average Bonchev–Trinajstić information content (AvgIpc) is 2.47. The summed E-state index contributed by atoms with van der Waals surface area (Å²) in [5, 5.41) is 0. The lowest BCUT2D eigenvalue weighted by Gasteiger charge is -2.20. The van der Waals surface area contributed by atoms with E-state index in [2.05, 4.69) is 9.97 Å². The molecule has 0 fully saturated rings. The maximum atomic E-state index is 11.7. The van der Waals surface area contributed by atoms with Gasteiger partial charge >= 0.3 is 0 Å². The Bertz CT molecular complexity index is 639. The highest BCUT2D eigenvalue weighted by molar-refractivity contribution is 5.50. The monoisotopic (exact) mass is 274 g/mol. The summed E-state index contributed by atoms with van der Waals surface area (Å²) < 4.78 is 5.11. The Morgan fingerprint density at radius 1 is 1.40 bits per heavy atom. The van der Waals surface area contributed by atoms with Gasteiger partial charge in [-0.2, -0.15) is 0 Å². The summed E-state index contributed by atoms with van der Waals surface area (Å²) in [7, 11) is 3.32. The number of anilines is 1. The third kappa shape index (κ3) is 2.97. The predicted octanol–water partition coefficient (Wildman–Crippen LogP) is 0.874. The molecule has 2 aromatic rings. The molecule has 0 spiro atoms. The number of aromatic nitrogens is 2. The predicted molar refractivity (Wildman–Crippen MR) is 77.9 cm³/mol. The summed E-state index contributed by atoms with van der Waals surface area (Å²) >= 11 is 0. The number of hydrogen-bond acceptors (Lipinski definition) is 5. The summed E-state index contributed by atoms with van der Waals surface area (Å²) in [5.74, 6) is 0.722. The molecule has 106 valence electrons. The number of nitrogens with one attached hydrogen (secondary N) is 1. The van der Waals surface area contributed by atoms with Crippen LogP contribution in [0.3, 0.4) is 0 Å². The zero-order chi connectivity index (χ0) is 14.5. The zero-order valence-electron chi connectivity index (χ0n) is 11.6. The first kappa shape index (κ1) is 14.1. The first-order valence-electron chi connectivity index (χ1n) is 6.26. The highest BCUT2D eigenvalue weighted by Crippen LogP contribution is 2.20. The van der Waals surface area contributed by atoms with Crippen LogP contribution >= 0.6 is 0 Å². The fourth-order valence-corrected chi connectivity index (χ4v) is 2.04. The second kappa shape index (κ2) is 6.21. The summed E-state index contributed by atoms with van der Waals surface area (Å²) in [5.41, 5.74) is 7.51. The minimum Gasteiger partial charge on any atom is -0.489 e. The Morgan fingerprint density at radius 3 is 2.85 bits per heavy atom. The Morgan fingerprint density at radius 2 is 2.15 bits per heavy atom. The van der Waals surface area contributed by atoms with E-state index in [1.807, 2.05) is 36.2 Å². The normalized spacial score (nSPS) is 10.3. The lowest BCUT2D eigenvalue weighted by atomic mass is 10.1. The Labute approximate surface area is 117 Å². The zero-order valence-corrected chi connectivity index (χ0v) is 11.6. The maximum absolute atomic E-state index is 11.7. The molecule has 0 atom stereocenters. The quantitative estimate of drug-likeness (QED) is 0.845. The van der Waals surface area contributed by atoms with Crippen LogP contribution in [0, 0.1) is 0 Å². The van der Waals surface area contributed by atoms with Crippen molar-refractivity contribution in [3.05, 3.63) is 52.1 Å². The van der Waals surface area contributed by atoms with Crippen LogP contribution in [0.25, 0.3) is 0 Å². The van der Waals surface area contributed by atoms with Crippen molar-refractivity contribution < 1.29 is 4.74 Å². The molecule has 0 saturated heterocycles. The standard InChI is InChI=1S/C14H18N4O2/c1-18(8-11-5-3-4-10(6-11)7-15)13-12(20-2)14(19)17-9-16-13/h3-6,9H,7-8,15H2,1-2H3,(H,16,17,19). The number of nitrogens with two attached hydrogens (primary N) is 1. The fraction of sp³-hybridized carbons (Fsp3) is 0.286. The smallest absolute Gasteiger partial charge is 0.295 e. The van der Waals surface area contributed by atoms with Crippen molar-refractivity contribution in [3.8, 4) is 5.75 Å². The molecule has 0 bridgehead atoms. The summed E-state index contributed by atoms with van der Waals surface area (Å²) in [6.07, 6.45) is 1.37. The SMILES string of the molecule is COc1c(N(C)Cc2cccc(CN)c2)nc[nH]c1=O. The van der Waals surface area contributed by atoms with Crippen molar-refractivity contribution in [3.63, 3.8) is 0 Å². The fourth-order valence-electron chi connectivity index (χ4n) is 2.04. The number of benzene rings is 1. The highest BCUT2D eigenvalue weighted by atomic mass is 16.5. The molecule has 2 rings (SSSR count). The highest BCUT2D eigenvalue weighted by Gasteiger charge is 2.13. The number of aromatic amines is 1. The van der Waals surface area contributed by atoms with Gasteiger partial charge in [-0.25, -0.2) is 4.98 Å². The summed E-state index contributed by atoms with van der Waals surface area (Å²) in [6.45, 7) is 1.12. The molecular weight excluding hydrogens is 256 g/mol. The number of nitrogens with zero attached hydrogens (tertiary/aromatic N) is 2. The lowest BCUT2D eigenvalue weighted by Crippen LogP contribution is -2.22. The van der Waals surface area contributed by atoms with Crippen molar-refractivity contribution in [2.75, 3.05) is 19.1 Å². The number of hydrogen-bond donors (Lipinski definition) is 2. The van der Waals surface area contributed by atoms with Crippen LogP contribution in [0.15, 0.2) is 35.4 Å². The van der Waals surface area contributed by atoms with Crippen molar-refractivity contribution in [1.82, 2.24) is 9.97 Å². The van der Waals surface area contributed by atoms with E-state index in [1.165, 1.54) is 13.4 Å². The molecule has 0 aliphatic heterocycles. The molecule has 20 heavy (non-hydrogen) atoms. The van der Waals surface area contributed by atoms with E-state index in [1.54, 1.807) is 0 Å². The molecule has 1 heterocycles. The van der Waals surface area contributed by atoms with Crippen LogP contribution in [-0.2, 0) is 13.1 Å². The molecular formula is C14H18N4O2. The molecule has 6 nitrogen and oxygen atoms in total. The van der Waals surface area contributed by atoms with E-state index in [0.29, 0.717) is 18.9 Å². The maximum Gasteiger partial charge on any atom is 0.295 e. The molecule has 0 radical (unpaired) electrons. The molecule has 6 heteroatoms. The van der Waals surface area contributed by atoms with Gasteiger partial charge in [0.25, 0.3) is 5.56 Å². The van der Waals surface area contributed by atoms with Crippen molar-refractivity contribution in [2.45, 2.75) is 13.1 Å². The average molecular weight is 274 g/mol. The van der Waals surface area contributed by atoms with Crippen molar-refractivity contribution in [2.24, 2.45) is 5.73 Å². The molecule has 0 saturated carbocycles. The van der Waals surface area contributed by atoms with E-state index >= 15 is 0 Å². The Balaban J connectivity index is 2.26. The molecule has 0 amide bonds. The third-order valence-electron chi connectivity index (χ3n) is 3.00. The van der Waals surface area contributed by atoms with Gasteiger partial charge in [0.1, 0.15) is 0 Å². The van der Waals surface area contributed by atoms with Gasteiger partial charge < -0.3 is 20.4 Å². The molecule has 0 unspecified atom stereocenters. The van der Waals surface area contributed by atoms with Gasteiger partial charge in [0.2, 0.25) is 5.75 Å². The molecule has 1 aromatic heterocycles. The number of H-pyrrole nitrogens is 1. The summed E-state index contributed by atoms with van der Waals surface area (Å²) in [4.78, 5) is 20.2. The van der Waals surface area contributed by atoms with Gasteiger partial charge in [-0.15, -0.1) is 0 Å². The van der Waals surface area contributed by atoms with Gasteiger partial charge in [0, 0.05) is 20.1 Å². The van der Waals surface area contributed by atoms with Gasteiger partial charge in [-0.05, 0) is 11.1 Å². The van der Waals surface area contributed by atoms with Crippen LogP contribution in [0.1, 0.15) is 11.1 Å². The van der Waals surface area contributed by atoms with Crippen LogP contribution < -0.4 is 20.9 Å². The first-order valence-corrected chi connectivity index (χ1v) is 6.26. The van der Waals surface area contributed by atoms with Crippen LogP contribution in [0.4, 0.5) is 5.82 Å². The minimum atomic E-state index is -0.292. The molecule has 3 N–H and O–H groups in total. The van der Waals surface area contributed by atoms with Gasteiger partial charge in [-0.3, -0.25) is 4.79 Å². The van der Waals surface area contributed by atoms with Crippen molar-refractivity contribution >= 4 is 5.82 Å². The Hall–Kier alpha value is -2.34. The van der Waals surface area contributed by atoms with Crippen molar-refractivity contribution in [1.29, 1.82) is 0 Å². The topological polar surface area (TPSA) is 84.2 Å². The van der Waals surface area contributed by atoms with E-state index < -0.39 is 0 Å². The van der Waals surface area contributed by atoms with E-state index in [4.69, 9.17) is 10.5 Å². The largest absolute Gasteiger partial charge is 0.489 e. The second-order valence-corrected chi connectivity index (χ2v) is 4.47. The van der Waals surface area contributed by atoms with Crippen LogP contribution in [-0.4, -0.2) is 24.1 Å². The van der Waals surface area contributed by atoms with E-state index in [-0.39, 0.29) is 11.3 Å². The number of rotatable bonds is 5. The van der Waals surface area contributed by atoms with Gasteiger partial charge in [0.15, 0.2) is 5.82 Å². The molecule has 0 aliphatic carbocycles. The van der Waals surface area contributed by atoms with Crippen LogP contribution in [0.2, 0.25) is 0 Å². The summed E-state index contributed by atoms with van der Waals surface area (Å²) in [6, 6.07) is 7.99. The number of ether oxygens (including phenoxy) is 1. The first-order chi connectivity index (χ1) is 9.65. The van der Waals surface area contributed by atoms with E-state index in [0.717, 1.165) is 11.1 Å². The van der Waals surface area contributed by atoms with E-state index in [9.17, 15) is 4.79 Å². The van der Waals surface area contributed by atoms with Gasteiger partial charge in [-0.1, -0.05) is 24.3 Å². The third-order valence-corrected chi connectivity index (χ3v) is 3.00. The molecule has 1 aromatic carbocycles. The minimum absolute atomic E-state index is 0.213. The second-order valence-electron chi connectivity index (χ2n) is 4.47.